The van der Waals surface area contributed by atoms with Crippen LogP contribution in [0.1, 0.15) is 0 Å². The standard InChI is InChI=1S/C56H34O/c1-2-15-35(16-3-1)40-30-31-49(44-24-9-8-23-43(40)44)53-47-27-12-10-25-45(47)52(46-26-11-13-28-48(46)53)39-20-14-19-37(33-39)50-34-38-18-5-7-22-42(38)55-54-41-21-6-4-17-36(41)29-32-51(54)57-56(50)55/h1-34H. The van der Waals surface area contributed by atoms with E-state index in [2.05, 4.69) is 206 Å². The van der Waals surface area contributed by atoms with Gasteiger partial charge in [0.1, 0.15) is 11.2 Å². The maximum absolute atomic E-state index is 6.88. The molecule has 0 unspecified atom stereocenters. The average molecular weight is 723 g/mol. The molecule has 0 aliphatic rings. The summed E-state index contributed by atoms with van der Waals surface area (Å²) in [7, 11) is 0. The summed E-state index contributed by atoms with van der Waals surface area (Å²) in [5, 5.41) is 14.6. The van der Waals surface area contributed by atoms with Crippen molar-refractivity contribution in [2.24, 2.45) is 0 Å². The molecule has 0 saturated carbocycles. The molecule has 0 bridgehead atoms. The average Bonchev–Trinajstić information content (AvgIpc) is 3.69. The molecule has 0 N–H and O–H groups in total. The van der Waals surface area contributed by atoms with Gasteiger partial charge in [0, 0.05) is 16.3 Å². The molecular weight excluding hydrogens is 689 g/mol. The number of fused-ring (bicyclic) bond motifs is 10. The van der Waals surface area contributed by atoms with E-state index in [0.717, 1.165) is 22.3 Å². The number of benzene rings is 11. The zero-order valence-electron chi connectivity index (χ0n) is 31.0. The van der Waals surface area contributed by atoms with E-state index < -0.39 is 0 Å². The van der Waals surface area contributed by atoms with E-state index in [-0.39, 0.29) is 0 Å². The second-order valence-corrected chi connectivity index (χ2v) is 15.1. The Morgan fingerprint density at radius 3 is 1.47 bits per heavy atom. The summed E-state index contributed by atoms with van der Waals surface area (Å²) in [6.45, 7) is 0. The van der Waals surface area contributed by atoms with Crippen LogP contribution in [0.5, 0.6) is 0 Å². The van der Waals surface area contributed by atoms with Crippen molar-refractivity contribution < 1.29 is 4.42 Å². The summed E-state index contributed by atoms with van der Waals surface area (Å²) in [6, 6.07) is 75.2. The van der Waals surface area contributed by atoms with E-state index >= 15 is 0 Å². The van der Waals surface area contributed by atoms with Gasteiger partial charge < -0.3 is 4.42 Å². The molecule has 1 heteroatoms. The van der Waals surface area contributed by atoms with Crippen LogP contribution in [0.15, 0.2) is 211 Å². The quantitative estimate of drug-likeness (QED) is 0.165. The highest BCUT2D eigenvalue weighted by Crippen LogP contribution is 2.48. The lowest BCUT2D eigenvalue weighted by Gasteiger charge is -2.20. The van der Waals surface area contributed by atoms with Crippen LogP contribution in [-0.4, -0.2) is 0 Å². The SMILES string of the molecule is c1ccc(-c2ccc(-c3c4ccccc4c(-c4cccc(-c5cc6ccccc6c6c5oc5ccc7ccccc7c56)c4)c4ccccc34)c3ccccc23)cc1. The van der Waals surface area contributed by atoms with Crippen molar-refractivity contribution in [2.45, 2.75) is 0 Å². The van der Waals surface area contributed by atoms with E-state index in [1.54, 1.807) is 0 Å². The largest absolute Gasteiger partial charge is 0.455 e. The normalized spacial score (nSPS) is 11.9. The predicted octanol–water partition coefficient (Wildman–Crippen LogP) is 16.0. The van der Waals surface area contributed by atoms with Crippen LogP contribution in [0, 0.1) is 0 Å². The molecular formula is C56H34O. The van der Waals surface area contributed by atoms with Gasteiger partial charge in [0.25, 0.3) is 0 Å². The minimum absolute atomic E-state index is 0.911. The highest BCUT2D eigenvalue weighted by molar-refractivity contribution is 6.29. The summed E-state index contributed by atoms with van der Waals surface area (Å²) < 4.78 is 6.88. The van der Waals surface area contributed by atoms with Crippen LogP contribution in [-0.2, 0) is 0 Å². The van der Waals surface area contributed by atoms with Gasteiger partial charge in [-0.15, -0.1) is 0 Å². The Morgan fingerprint density at radius 1 is 0.263 bits per heavy atom. The maximum atomic E-state index is 6.88. The number of rotatable bonds is 4. The lowest BCUT2D eigenvalue weighted by atomic mass is 9.83. The van der Waals surface area contributed by atoms with E-state index in [1.165, 1.54) is 98.0 Å². The summed E-state index contributed by atoms with van der Waals surface area (Å²) >= 11 is 0. The van der Waals surface area contributed by atoms with E-state index in [4.69, 9.17) is 4.42 Å². The molecule has 264 valence electrons. The molecule has 0 atom stereocenters. The monoisotopic (exact) mass is 722 g/mol. The Labute approximate surface area is 329 Å². The second-order valence-electron chi connectivity index (χ2n) is 15.1. The van der Waals surface area contributed by atoms with Crippen LogP contribution in [0.4, 0.5) is 0 Å². The van der Waals surface area contributed by atoms with Crippen molar-refractivity contribution in [3.63, 3.8) is 0 Å². The van der Waals surface area contributed by atoms with Gasteiger partial charge in [0.05, 0.1) is 0 Å². The summed E-state index contributed by atoms with van der Waals surface area (Å²) in [5.74, 6) is 0. The number of hydrogen-bond acceptors (Lipinski definition) is 1. The third kappa shape index (κ3) is 4.83. The third-order valence-electron chi connectivity index (χ3n) is 12.0. The van der Waals surface area contributed by atoms with E-state index in [1.807, 2.05) is 0 Å². The fourth-order valence-electron chi connectivity index (χ4n) is 9.56. The first-order valence-corrected chi connectivity index (χ1v) is 19.7. The molecule has 12 rings (SSSR count). The van der Waals surface area contributed by atoms with Gasteiger partial charge in [-0.25, -0.2) is 0 Å². The molecule has 57 heavy (non-hydrogen) atoms. The van der Waals surface area contributed by atoms with Gasteiger partial charge in [-0.1, -0.05) is 188 Å². The molecule has 1 aromatic heterocycles. The zero-order valence-corrected chi connectivity index (χ0v) is 31.0. The molecule has 12 aromatic rings. The highest BCUT2D eigenvalue weighted by Gasteiger charge is 2.21. The fraction of sp³-hybridized carbons (Fsp3) is 0. The summed E-state index contributed by atoms with van der Waals surface area (Å²) in [5.41, 5.74) is 11.5. The molecule has 0 fully saturated rings. The molecule has 1 nitrogen and oxygen atoms in total. The molecule has 0 radical (unpaired) electrons. The minimum atomic E-state index is 0.911. The van der Waals surface area contributed by atoms with Crippen molar-refractivity contribution >= 4 is 75.8 Å². The van der Waals surface area contributed by atoms with Crippen molar-refractivity contribution in [1.82, 2.24) is 0 Å². The molecule has 11 aromatic carbocycles. The molecule has 0 aliphatic heterocycles. The van der Waals surface area contributed by atoms with Crippen LogP contribution in [0.25, 0.3) is 120 Å². The van der Waals surface area contributed by atoms with Crippen molar-refractivity contribution in [3.8, 4) is 44.5 Å². The Hall–Kier alpha value is -7.48. The molecule has 0 amide bonds. The smallest absolute Gasteiger partial charge is 0.143 e. The molecule has 1 heterocycles. The Bertz CT molecular complexity index is 3510. The highest BCUT2D eigenvalue weighted by atomic mass is 16.3. The van der Waals surface area contributed by atoms with Gasteiger partial charge >= 0.3 is 0 Å². The zero-order chi connectivity index (χ0) is 37.5. The van der Waals surface area contributed by atoms with Crippen LogP contribution < -0.4 is 0 Å². The molecule has 0 aliphatic carbocycles. The van der Waals surface area contributed by atoms with Gasteiger partial charge in [-0.05, 0) is 111 Å². The third-order valence-corrected chi connectivity index (χ3v) is 12.0. The van der Waals surface area contributed by atoms with Crippen LogP contribution in [0.2, 0.25) is 0 Å². The Morgan fingerprint density at radius 2 is 0.772 bits per heavy atom. The van der Waals surface area contributed by atoms with Crippen LogP contribution in [0.3, 0.4) is 0 Å². The summed E-state index contributed by atoms with van der Waals surface area (Å²) in [4.78, 5) is 0. The van der Waals surface area contributed by atoms with Gasteiger partial charge in [0.2, 0.25) is 0 Å². The lowest BCUT2D eigenvalue weighted by molar-refractivity contribution is 0.670. The Kier molecular flexibility index (Phi) is 7.00. The van der Waals surface area contributed by atoms with Crippen molar-refractivity contribution in [1.29, 1.82) is 0 Å². The maximum Gasteiger partial charge on any atom is 0.143 e. The van der Waals surface area contributed by atoms with Crippen molar-refractivity contribution in [2.75, 3.05) is 0 Å². The Balaban J connectivity index is 1.12. The minimum Gasteiger partial charge on any atom is -0.455 e. The first kappa shape index (κ1) is 31.8. The van der Waals surface area contributed by atoms with Gasteiger partial charge in [-0.2, -0.15) is 0 Å². The number of hydrogen-bond donors (Lipinski definition) is 0. The lowest BCUT2D eigenvalue weighted by Crippen LogP contribution is -1.93. The number of furan rings is 1. The molecule has 0 spiro atoms. The predicted molar refractivity (Wildman–Crippen MR) is 243 cm³/mol. The van der Waals surface area contributed by atoms with Gasteiger partial charge in [-0.3, -0.25) is 0 Å². The van der Waals surface area contributed by atoms with Crippen molar-refractivity contribution in [3.05, 3.63) is 206 Å². The summed E-state index contributed by atoms with van der Waals surface area (Å²) in [6.07, 6.45) is 0. The fourth-order valence-corrected chi connectivity index (χ4v) is 9.56. The first-order chi connectivity index (χ1) is 28.3. The van der Waals surface area contributed by atoms with Crippen LogP contribution >= 0.6 is 0 Å². The first-order valence-electron chi connectivity index (χ1n) is 19.7. The van der Waals surface area contributed by atoms with Gasteiger partial charge in [0.15, 0.2) is 0 Å². The molecule has 0 saturated heterocycles. The second kappa shape index (κ2) is 12.5. The van der Waals surface area contributed by atoms with E-state index in [9.17, 15) is 0 Å². The van der Waals surface area contributed by atoms with E-state index in [0.29, 0.717) is 0 Å². The topological polar surface area (TPSA) is 13.1 Å².